The van der Waals surface area contributed by atoms with Gasteiger partial charge in [-0.15, -0.1) is 12.6 Å². The van der Waals surface area contributed by atoms with Gasteiger partial charge in [0.25, 0.3) is 0 Å². The fourth-order valence-electron chi connectivity index (χ4n) is 3.31. The highest BCUT2D eigenvalue weighted by Gasteiger charge is 2.42. The number of hydrogen-bond acceptors (Lipinski definition) is 5. The van der Waals surface area contributed by atoms with Gasteiger partial charge in [0.2, 0.25) is 0 Å². The van der Waals surface area contributed by atoms with Crippen molar-refractivity contribution in [1.82, 2.24) is 10.2 Å². The molecule has 6 nitrogen and oxygen atoms in total. The van der Waals surface area contributed by atoms with Gasteiger partial charge in [-0.1, -0.05) is 39.3 Å². The van der Waals surface area contributed by atoms with Crippen molar-refractivity contribution >= 4 is 30.3 Å². The van der Waals surface area contributed by atoms with Gasteiger partial charge >= 0.3 is 6.03 Å². The molecule has 0 fully saturated rings. The molecular weight excluding hydrogens is 462 g/mol. The lowest BCUT2D eigenvalue weighted by Gasteiger charge is -2.40. The summed E-state index contributed by atoms with van der Waals surface area (Å²) in [5.41, 5.74) is 0.712. The van der Waals surface area contributed by atoms with Crippen LogP contribution < -0.4 is 10.1 Å². The van der Waals surface area contributed by atoms with E-state index < -0.39 is 23.0 Å². The van der Waals surface area contributed by atoms with Crippen LogP contribution in [-0.2, 0) is 9.81 Å². The van der Waals surface area contributed by atoms with Crippen LogP contribution in [0.3, 0.4) is 0 Å². The van der Waals surface area contributed by atoms with Crippen LogP contribution in [-0.4, -0.2) is 35.5 Å². The van der Waals surface area contributed by atoms with Gasteiger partial charge < -0.3 is 20.1 Å². The van der Waals surface area contributed by atoms with Crippen LogP contribution in [0.15, 0.2) is 23.9 Å². The minimum absolute atomic E-state index is 0.00571. The van der Waals surface area contributed by atoms with Gasteiger partial charge in [0.1, 0.15) is 15.6 Å². The average Bonchev–Trinajstić information content (AvgIpc) is 2.71. The van der Waals surface area contributed by atoms with Gasteiger partial charge in [-0.2, -0.15) is 4.94 Å². The van der Waals surface area contributed by atoms with Crippen molar-refractivity contribution in [2.24, 2.45) is 11.8 Å². The summed E-state index contributed by atoms with van der Waals surface area (Å²) in [5.74, 6) is 0.0964. The molecule has 1 aromatic rings. The fraction of sp³-hybridized carbons (Fsp3) is 0.591. The number of amides is 2. The Morgan fingerprint density at radius 2 is 1.94 bits per heavy atom. The Kier molecular flexibility index (Phi) is 9.63. The number of nitrogens with zero attached hydrogens (tertiary/aromatic N) is 1. The molecule has 0 saturated heterocycles. The maximum absolute atomic E-state index is 15.4. The Balaban J connectivity index is 2.38. The number of urea groups is 1. The van der Waals surface area contributed by atoms with E-state index in [1.165, 1.54) is 11.0 Å². The molecule has 2 amide bonds. The van der Waals surface area contributed by atoms with E-state index in [9.17, 15) is 14.4 Å². The highest BCUT2D eigenvalue weighted by Crippen LogP contribution is 2.43. The van der Waals surface area contributed by atoms with Crippen LogP contribution in [0, 0.1) is 17.7 Å². The number of halogens is 3. The summed E-state index contributed by atoms with van der Waals surface area (Å²) < 4.78 is 33.1. The molecule has 1 aliphatic rings. The number of thiol groups is 1. The van der Waals surface area contributed by atoms with E-state index in [0.29, 0.717) is 24.5 Å². The molecule has 1 aliphatic heterocycles. The molecule has 0 aromatic heterocycles. The first-order chi connectivity index (χ1) is 15.0. The topological polar surface area (TPSA) is 71.0 Å². The number of carbonyl (C=O) groups excluding carboxylic acids is 1. The Morgan fingerprint density at radius 3 is 2.53 bits per heavy atom. The monoisotopic (exact) mass is 492 g/mol. The lowest BCUT2D eigenvalue weighted by molar-refractivity contribution is -0.257. The van der Waals surface area contributed by atoms with Crippen LogP contribution in [0.4, 0.5) is 13.7 Å². The third kappa shape index (κ3) is 6.50. The molecule has 2 rings (SSSR count). The molecule has 10 heteroatoms. The second-order valence-corrected chi connectivity index (χ2v) is 9.74. The van der Waals surface area contributed by atoms with Crippen LogP contribution in [0.5, 0.6) is 5.75 Å². The Hall–Kier alpha value is -1.55. The van der Waals surface area contributed by atoms with Crippen molar-refractivity contribution < 1.29 is 28.5 Å². The molecule has 32 heavy (non-hydrogen) atoms. The summed E-state index contributed by atoms with van der Waals surface area (Å²) in [7, 11) is 0. The zero-order valence-electron chi connectivity index (χ0n) is 18.7. The average molecular weight is 493 g/mol. The molecule has 2 N–H and O–H groups in total. The lowest BCUT2D eigenvalue weighted by atomic mass is 9.90. The van der Waals surface area contributed by atoms with Crippen molar-refractivity contribution in [2.45, 2.75) is 58.1 Å². The van der Waals surface area contributed by atoms with Crippen molar-refractivity contribution in [2.75, 3.05) is 13.2 Å². The van der Waals surface area contributed by atoms with Gasteiger partial charge in [0.05, 0.1) is 6.61 Å². The second-order valence-electron chi connectivity index (χ2n) is 8.69. The normalized spacial score (nSPS) is 19.9. The Labute approximate surface area is 198 Å². The van der Waals surface area contributed by atoms with Crippen LogP contribution >= 0.6 is 24.2 Å². The summed E-state index contributed by atoms with van der Waals surface area (Å²) in [6.07, 6.45) is 1.05. The van der Waals surface area contributed by atoms with Gasteiger partial charge in [-0.25, -0.2) is 9.18 Å². The summed E-state index contributed by atoms with van der Waals surface area (Å²) in [4.78, 5) is 15.9. The molecule has 1 unspecified atom stereocenters. The van der Waals surface area contributed by atoms with Crippen molar-refractivity contribution in [1.29, 1.82) is 0 Å². The number of aliphatic hydroxyl groups excluding tert-OH is 1. The molecule has 0 spiro atoms. The number of aliphatic hydroxyl groups is 1. The van der Waals surface area contributed by atoms with Crippen molar-refractivity contribution in [3.05, 3.63) is 40.3 Å². The highest BCUT2D eigenvalue weighted by atomic mass is 35.5. The first-order valence-corrected chi connectivity index (χ1v) is 11.4. The van der Waals surface area contributed by atoms with E-state index in [1.54, 1.807) is 12.3 Å². The molecule has 2 atom stereocenters. The maximum Gasteiger partial charge on any atom is 0.323 e. The quantitative estimate of drug-likeness (QED) is 0.280. The summed E-state index contributed by atoms with van der Waals surface area (Å²) in [6.45, 7) is 8.47. The number of benzene rings is 1. The molecule has 1 heterocycles. The second kappa shape index (κ2) is 11.5. The number of ether oxygens (including phenoxy) is 1. The van der Waals surface area contributed by atoms with E-state index in [0.717, 1.165) is 6.42 Å². The summed E-state index contributed by atoms with van der Waals surface area (Å²) in [5, 5.41) is 11.8. The van der Waals surface area contributed by atoms with Crippen LogP contribution in [0.25, 0.3) is 0 Å². The van der Waals surface area contributed by atoms with Gasteiger partial charge in [-0.3, -0.25) is 0 Å². The number of carbonyl (C=O) groups is 1. The molecule has 1 aromatic carbocycles. The first-order valence-electron chi connectivity index (χ1n) is 10.6. The summed E-state index contributed by atoms with van der Waals surface area (Å²) >= 11 is 10.9. The third-order valence-corrected chi connectivity index (χ3v) is 6.05. The SMILES string of the molecule is CC(C)CCOc1ccc([C@]2(S)NC(=O)N(CCC(O)OF)C=C2CC(C)C)c(F)c1Cl. The molecule has 0 saturated carbocycles. The highest BCUT2D eigenvalue weighted by molar-refractivity contribution is 7.81. The molecule has 0 aliphatic carbocycles. The smallest absolute Gasteiger partial charge is 0.323 e. The van der Waals surface area contributed by atoms with E-state index in [4.69, 9.17) is 16.3 Å². The standard InChI is InChI=1S/C22H31ClF2N2O4S/c1-13(2)8-10-30-17-6-5-16(20(24)19(17)23)22(32)15(11-14(3)4)12-27(21(29)26-22)9-7-18(28)31-25/h5-6,12-14,18,28,32H,7-11H2,1-4H3,(H,26,29)/t18?,22-/m0/s1. The Bertz CT molecular complexity index is 840. The molecule has 0 radical (unpaired) electrons. The number of nitrogens with one attached hydrogen (secondary N) is 1. The van der Waals surface area contributed by atoms with Crippen molar-refractivity contribution in [3.8, 4) is 5.75 Å². The van der Waals surface area contributed by atoms with E-state index in [2.05, 4.69) is 36.7 Å². The Morgan fingerprint density at radius 1 is 1.25 bits per heavy atom. The van der Waals surface area contributed by atoms with E-state index in [1.807, 2.05) is 13.8 Å². The minimum atomic E-state index is -1.65. The van der Waals surface area contributed by atoms with Crippen LogP contribution in [0.2, 0.25) is 5.02 Å². The van der Waals surface area contributed by atoms with Gasteiger partial charge in [0, 0.05) is 24.7 Å². The van der Waals surface area contributed by atoms with Crippen molar-refractivity contribution in [3.63, 3.8) is 0 Å². The predicted octanol–water partition coefficient (Wildman–Crippen LogP) is 5.55. The molecule has 180 valence electrons. The number of hydrogen-bond donors (Lipinski definition) is 3. The molecular formula is C22H31ClF2N2O4S. The maximum atomic E-state index is 15.4. The largest absolute Gasteiger partial charge is 0.492 e. The minimum Gasteiger partial charge on any atom is -0.492 e. The zero-order chi connectivity index (χ0) is 24.1. The van der Waals surface area contributed by atoms with Gasteiger partial charge in [-0.05, 0) is 46.9 Å². The predicted molar refractivity (Wildman–Crippen MR) is 123 cm³/mol. The van der Waals surface area contributed by atoms with Crippen LogP contribution in [0.1, 0.15) is 52.5 Å². The van der Waals surface area contributed by atoms with E-state index >= 15 is 4.39 Å². The first kappa shape index (κ1) is 26.7. The summed E-state index contributed by atoms with van der Waals surface area (Å²) in [6, 6.07) is 2.50. The fourth-order valence-corrected chi connectivity index (χ4v) is 3.95. The molecule has 0 bridgehead atoms. The zero-order valence-corrected chi connectivity index (χ0v) is 20.4. The van der Waals surface area contributed by atoms with Gasteiger partial charge in [0.15, 0.2) is 12.1 Å². The lowest BCUT2D eigenvalue weighted by Crippen LogP contribution is -2.53. The number of rotatable bonds is 11. The third-order valence-electron chi connectivity index (χ3n) is 5.06. The van der Waals surface area contributed by atoms with E-state index in [-0.39, 0.29) is 35.2 Å².